The van der Waals surface area contributed by atoms with Crippen LogP contribution in [0.2, 0.25) is 0 Å². The Morgan fingerprint density at radius 1 is 1.09 bits per heavy atom. The number of aryl methyl sites for hydroxylation is 1. The summed E-state index contributed by atoms with van der Waals surface area (Å²) >= 11 is 1.42. The molecule has 34 heavy (non-hydrogen) atoms. The van der Waals surface area contributed by atoms with E-state index in [4.69, 9.17) is 9.47 Å². The van der Waals surface area contributed by atoms with Crippen LogP contribution in [-0.4, -0.2) is 12.1 Å². The molecule has 1 heterocycles. The van der Waals surface area contributed by atoms with Crippen molar-refractivity contribution in [2.24, 2.45) is 0 Å². The Balaban J connectivity index is 2.01. The average Bonchev–Trinajstić information content (AvgIpc) is 3.28. The van der Waals surface area contributed by atoms with Crippen LogP contribution in [0.5, 0.6) is 11.5 Å². The molecule has 4 nitrogen and oxygen atoms in total. The minimum atomic E-state index is -5.87. The molecule has 0 aliphatic carbocycles. The summed E-state index contributed by atoms with van der Waals surface area (Å²) in [6.45, 7) is 1.76. The number of halogens is 5. The number of carbonyl (C=O) groups is 1. The smallest absolute Gasteiger partial charge is 0.458 e. The molecule has 3 aromatic rings. The molecule has 1 aromatic heterocycles. The van der Waals surface area contributed by atoms with Crippen molar-refractivity contribution < 1.29 is 41.3 Å². The van der Waals surface area contributed by atoms with Crippen LogP contribution in [0.3, 0.4) is 0 Å². The third kappa shape index (κ3) is 6.05. The number of carboxylic acids is 1. The van der Waals surface area contributed by atoms with Gasteiger partial charge in [-0.3, -0.25) is 0 Å². The number of hydrogen-bond donors (Lipinski definition) is 0. The van der Waals surface area contributed by atoms with E-state index in [9.17, 15) is 31.9 Å². The molecular weight excluding hydrogens is 479 g/mol. The fraction of sp³-hybridized carbons (Fsp3) is 0.292. The summed E-state index contributed by atoms with van der Waals surface area (Å²) in [5.74, 6) is -7.35. The Morgan fingerprint density at radius 2 is 1.82 bits per heavy atom. The van der Waals surface area contributed by atoms with Crippen molar-refractivity contribution in [2.45, 2.75) is 44.6 Å². The zero-order chi connectivity index (χ0) is 24.9. The summed E-state index contributed by atoms with van der Waals surface area (Å²) in [6, 6.07) is 11.0. The van der Waals surface area contributed by atoms with E-state index in [1.165, 1.54) is 11.3 Å². The van der Waals surface area contributed by atoms with Crippen molar-refractivity contribution >= 4 is 17.3 Å². The number of hydrogen-bond acceptors (Lipinski definition) is 5. The van der Waals surface area contributed by atoms with E-state index in [0.29, 0.717) is 17.2 Å². The van der Waals surface area contributed by atoms with Crippen molar-refractivity contribution in [3.63, 3.8) is 0 Å². The van der Waals surface area contributed by atoms with Crippen LogP contribution in [-0.2, 0) is 17.3 Å². The monoisotopic (exact) mass is 499 g/mol. The molecule has 0 N–H and O–H groups in total. The topological polar surface area (TPSA) is 58.6 Å². The van der Waals surface area contributed by atoms with Crippen molar-refractivity contribution in [3.8, 4) is 11.5 Å². The first-order valence-electron chi connectivity index (χ1n) is 10.1. The highest BCUT2D eigenvalue weighted by Crippen LogP contribution is 2.48. The predicted molar refractivity (Wildman–Crippen MR) is 114 cm³/mol. The molecule has 0 saturated heterocycles. The molecule has 0 radical (unpaired) electrons. The van der Waals surface area contributed by atoms with Crippen LogP contribution in [0.1, 0.15) is 41.2 Å². The summed E-state index contributed by atoms with van der Waals surface area (Å²) in [5.41, 5.74) is 0.508. The summed E-state index contributed by atoms with van der Waals surface area (Å²) in [6.07, 6.45) is -7.68. The number of thiophene rings is 1. The van der Waals surface area contributed by atoms with E-state index in [-0.39, 0.29) is 18.8 Å². The van der Waals surface area contributed by atoms with E-state index in [1.807, 2.05) is 5.38 Å². The normalized spacial score (nSPS) is 12.9. The first-order chi connectivity index (χ1) is 16.0. The Morgan fingerprint density at radius 3 is 2.44 bits per heavy atom. The van der Waals surface area contributed by atoms with Gasteiger partial charge in [0, 0.05) is 12.0 Å². The highest BCUT2D eigenvalue weighted by Gasteiger charge is 2.60. The summed E-state index contributed by atoms with van der Waals surface area (Å²) < 4.78 is 79.5. The minimum Gasteiger partial charge on any atom is -0.550 e. The average molecular weight is 499 g/mol. The van der Waals surface area contributed by atoms with Crippen molar-refractivity contribution in [1.29, 1.82) is 0 Å². The first-order valence-corrected chi connectivity index (χ1v) is 11.1. The molecule has 0 amide bonds. The third-order valence-corrected chi connectivity index (χ3v) is 5.78. The third-order valence-electron chi connectivity index (χ3n) is 5.05. The van der Waals surface area contributed by atoms with Crippen LogP contribution >= 0.6 is 11.3 Å². The minimum absolute atomic E-state index is 0.0198. The summed E-state index contributed by atoms with van der Waals surface area (Å²) in [4.78, 5) is 11.0. The molecule has 0 fully saturated rings. The molecule has 0 spiro atoms. The number of alkyl halides is 5. The van der Waals surface area contributed by atoms with Gasteiger partial charge in [0.05, 0.1) is 5.56 Å². The maximum atomic E-state index is 14.4. The fourth-order valence-electron chi connectivity index (χ4n) is 3.27. The lowest BCUT2D eigenvalue weighted by atomic mass is 9.99. The molecule has 0 bridgehead atoms. The SMILES string of the molecule is Cc1ccccc1C(CCC(=O)[O-])Oc1cc(OCc2ccsc2)ccc1C(F)(F)C(F)(F)F. The number of ether oxygens (including phenoxy) is 2. The van der Waals surface area contributed by atoms with Crippen molar-refractivity contribution in [2.75, 3.05) is 0 Å². The molecule has 2 aromatic carbocycles. The Labute approximate surface area is 196 Å². The van der Waals surface area contributed by atoms with Gasteiger partial charge in [-0.2, -0.15) is 33.3 Å². The van der Waals surface area contributed by atoms with Crippen molar-refractivity contribution in [3.05, 3.63) is 81.5 Å². The Bertz CT molecular complexity index is 1110. The number of aliphatic carboxylic acids is 1. The number of carbonyl (C=O) groups excluding carboxylic acids is 1. The van der Waals surface area contributed by atoms with Gasteiger partial charge in [-0.05, 0) is 65.4 Å². The van der Waals surface area contributed by atoms with E-state index in [1.54, 1.807) is 42.6 Å². The van der Waals surface area contributed by atoms with Gasteiger partial charge < -0.3 is 19.4 Å². The molecule has 0 aliphatic rings. The van der Waals surface area contributed by atoms with Crippen LogP contribution in [0.25, 0.3) is 0 Å². The van der Waals surface area contributed by atoms with Gasteiger partial charge in [0.2, 0.25) is 0 Å². The van der Waals surface area contributed by atoms with Gasteiger partial charge in [0.15, 0.2) is 0 Å². The van der Waals surface area contributed by atoms with Gasteiger partial charge >= 0.3 is 12.1 Å². The molecule has 1 unspecified atom stereocenters. The largest absolute Gasteiger partial charge is 0.550 e. The molecule has 1 atom stereocenters. The molecule has 10 heteroatoms. The Hall–Kier alpha value is -3.14. The lowest BCUT2D eigenvalue weighted by molar-refractivity contribution is -0.306. The number of rotatable bonds is 10. The first kappa shape index (κ1) is 25.5. The zero-order valence-electron chi connectivity index (χ0n) is 17.9. The summed E-state index contributed by atoms with van der Waals surface area (Å²) in [7, 11) is 0. The lowest BCUT2D eigenvalue weighted by Gasteiger charge is -2.27. The maximum absolute atomic E-state index is 14.4. The standard InChI is InChI=1S/C24H21F5O4S/c1-15-4-2-3-5-18(15)20(8-9-22(30)31)33-21-12-17(32-13-16-10-11-34-14-16)6-7-19(21)23(25,26)24(27,28)29/h2-7,10-12,14,20H,8-9,13H2,1H3,(H,30,31)/p-1. The van der Waals surface area contributed by atoms with Crippen LogP contribution in [0.15, 0.2) is 59.3 Å². The second-order valence-corrected chi connectivity index (χ2v) is 8.30. The van der Waals surface area contributed by atoms with Crippen molar-refractivity contribution in [1.82, 2.24) is 0 Å². The van der Waals surface area contributed by atoms with Gasteiger partial charge in [-0.1, -0.05) is 24.3 Å². The van der Waals surface area contributed by atoms with E-state index < -0.39 is 41.9 Å². The zero-order valence-corrected chi connectivity index (χ0v) is 18.7. The second-order valence-electron chi connectivity index (χ2n) is 7.52. The molecule has 3 rings (SSSR count). The van der Waals surface area contributed by atoms with Gasteiger partial charge in [0.1, 0.15) is 24.2 Å². The number of carboxylic acid groups (broad SMARTS) is 1. The molecule has 182 valence electrons. The van der Waals surface area contributed by atoms with E-state index in [2.05, 4.69) is 0 Å². The summed E-state index contributed by atoms with van der Waals surface area (Å²) in [5, 5.41) is 14.6. The number of benzene rings is 2. The van der Waals surface area contributed by atoms with E-state index in [0.717, 1.165) is 17.7 Å². The maximum Gasteiger partial charge on any atom is 0.458 e. The lowest BCUT2D eigenvalue weighted by Crippen LogP contribution is -2.34. The highest BCUT2D eigenvalue weighted by molar-refractivity contribution is 7.07. The van der Waals surface area contributed by atoms with Crippen LogP contribution < -0.4 is 14.6 Å². The van der Waals surface area contributed by atoms with Crippen LogP contribution in [0, 0.1) is 6.92 Å². The quantitative estimate of drug-likeness (QED) is 0.324. The molecular formula is C24H20F5O4S-. The molecule has 0 saturated carbocycles. The van der Waals surface area contributed by atoms with Gasteiger partial charge in [-0.15, -0.1) is 0 Å². The fourth-order valence-corrected chi connectivity index (χ4v) is 3.92. The van der Waals surface area contributed by atoms with Crippen LogP contribution in [0.4, 0.5) is 22.0 Å². The van der Waals surface area contributed by atoms with Gasteiger partial charge in [-0.25, -0.2) is 0 Å². The predicted octanol–water partition coefficient (Wildman–Crippen LogP) is 5.94. The van der Waals surface area contributed by atoms with E-state index >= 15 is 0 Å². The highest BCUT2D eigenvalue weighted by atomic mass is 32.1. The molecule has 0 aliphatic heterocycles. The Kier molecular flexibility index (Phi) is 7.81. The second kappa shape index (κ2) is 10.4. The van der Waals surface area contributed by atoms with Gasteiger partial charge in [0.25, 0.3) is 0 Å².